The van der Waals surface area contributed by atoms with Gasteiger partial charge in [0.2, 0.25) is 0 Å². The maximum atomic E-state index is 5.85. The predicted molar refractivity (Wildman–Crippen MR) is 75.2 cm³/mol. The molecule has 0 aliphatic heterocycles. The molecule has 0 bridgehead atoms. The average Bonchev–Trinajstić information content (AvgIpc) is 2.31. The highest BCUT2D eigenvalue weighted by atomic mass is 32.2. The van der Waals surface area contributed by atoms with Crippen molar-refractivity contribution < 1.29 is 0 Å². The van der Waals surface area contributed by atoms with Crippen molar-refractivity contribution in [3.63, 3.8) is 0 Å². The Labute approximate surface area is 104 Å². The first-order chi connectivity index (χ1) is 7.77. The Bertz CT molecular complexity index is 281. The molecule has 0 aliphatic carbocycles. The Hall–Kier alpha value is -0.470. The van der Waals surface area contributed by atoms with E-state index >= 15 is 0 Å². The van der Waals surface area contributed by atoms with Crippen molar-refractivity contribution in [1.29, 1.82) is 0 Å². The minimum absolute atomic E-state index is 0.540. The van der Waals surface area contributed by atoms with E-state index in [0.717, 1.165) is 6.54 Å². The molecule has 1 unspecified atom stereocenters. The maximum Gasteiger partial charge on any atom is -0.000823 e. The number of aryl methyl sites for hydroxylation is 1. The third-order valence-corrected chi connectivity index (χ3v) is 3.86. The van der Waals surface area contributed by atoms with Gasteiger partial charge >= 0.3 is 0 Å². The van der Waals surface area contributed by atoms with Gasteiger partial charge in [-0.25, -0.2) is 0 Å². The van der Waals surface area contributed by atoms with Gasteiger partial charge in [0.1, 0.15) is 0 Å². The Balaban J connectivity index is 2.44. The van der Waals surface area contributed by atoms with Crippen LogP contribution in [0.1, 0.15) is 36.8 Å². The first kappa shape index (κ1) is 13.6. The molecule has 0 radical (unpaired) electrons. The van der Waals surface area contributed by atoms with Crippen LogP contribution >= 0.6 is 11.8 Å². The van der Waals surface area contributed by atoms with Gasteiger partial charge in [0.25, 0.3) is 0 Å². The molecule has 1 rings (SSSR count). The molecule has 0 heterocycles. The summed E-state index contributed by atoms with van der Waals surface area (Å²) < 4.78 is 0. The van der Waals surface area contributed by atoms with Crippen molar-refractivity contribution in [3.05, 3.63) is 35.4 Å². The summed E-state index contributed by atoms with van der Waals surface area (Å²) in [5, 5.41) is 0. The summed E-state index contributed by atoms with van der Waals surface area (Å²) in [6.45, 7) is 5.10. The molecule has 2 N–H and O–H groups in total. The smallest absolute Gasteiger partial charge is 0.000823 e. The van der Waals surface area contributed by atoms with Gasteiger partial charge in [-0.2, -0.15) is 11.8 Å². The van der Waals surface area contributed by atoms with E-state index in [-0.39, 0.29) is 0 Å². The average molecular weight is 237 g/mol. The molecule has 0 saturated heterocycles. The molecule has 0 aromatic heterocycles. The maximum absolute atomic E-state index is 5.85. The summed E-state index contributed by atoms with van der Waals surface area (Å²) in [6, 6.07) is 8.80. The van der Waals surface area contributed by atoms with Gasteiger partial charge in [-0.3, -0.25) is 0 Å². The fraction of sp³-hybridized carbons (Fsp3) is 0.571. The zero-order valence-corrected chi connectivity index (χ0v) is 11.2. The van der Waals surface area contributed by atoms with E-state index in [9.17, 15) is 0 Å². The fourth-order valence-corrected chi connectivity index (χ4v) is 2.49. The van der Waals surface area contributed by atoms with Gasteiger partial charge in [0, 0.05) is 0 Å². The molecule has 1 aromatic carbocycles. The SMILES string of the molecule is CCSCCCC(CN)c1ccc(C)cc1. The number of hydrogen-bond donors (Lipinski definition) is 1. The van der Waals surface area contributed by atoms with Crippen LogP contribution in [0.15, 0.2) is 24.3 Å². The van der Waals surface area contributed by atoms with Gasteiger partial charge in [-0.1, -0.05) is 36.8 Å². The third-order valence-electron chi connectivity index (χ3n) is 2.88. The van der Waals surface area contributed by atoms with Crippen molar-refractivity contribution >= 4 is 11.8 Å². The number of benzene rings is 1. The molecule has 0 fully saturated rings. The number of thioether (sulfide) groups is 1. The minimum atomic E-state index is 0.540. The van der Waals surface area contributed by atoms with Crippen LogP contribution in [0.25, 0.3) is 0 Å². The van der Waals surface area contributed by atoms with E-state index in [2.05, 4.69) is 38.1 Å². The molecular formula is C14H23NS. The summed E-state index contributed by atoms with van der Waals surface area (Å²) in [7, 11) is 0. The normalized spacial score (nSPS) is 12.7. The van der Waals surface area contributed by atoms with E-state index in [1.165, 1.54) is 35.5 Å². The van der Waals surface area contributed by atoms with Gasteiger partial charge in [-0.15, -0.1) is 0 Å². The zero-order valence-electron chi connectivity index (χ0n) is 10.4. The molecule has 0 aliphatic rings. The number of nitrogens with two attached hydrogens (primary N) is 1. The van der Waals surface area contributed by atoms with Crippen LogP contribution in [-0.4, -0.2) is 18.1 Å². The quantitative estimate of drug-likeness (QED) is 0.734. The van der Waals surface area contributed by atoms with Crippen LogP contribution in [0, 0.1) is 6.92 Å². The first-order valence-corrected chi connectivity index (χ1v) is 7.27. The Morgan fingerprint density at radius 1 is 1.25 bits per heavy atom. The highest BCUT2D eigenvalue weighted by Crippen LogP contribution is 2.21. The molecule has 1 atom stereocenters. The zero-order chi connectivity index (χ0) is 11.8. The van der Waals surface area contributed by atoms with Crippen molar-refractivity contribution in [2.75, 3.05) is 18.1 Å². The van der Waals surface area contributed by atoms with Gasteiger partial charge in [0.05, 0.1) is 0 Å². The van der Waals surface area contributed by atoms with Gasteiger partial charge < -0.3 is 5.73 Å². The molecule has 2 heteroatoms. The second kappa shape index (κ2) is 7.75. The van der Waals surface area contributed by atoms with Crippen LogP contribution in [0.3, 0.4) is 0 Å². The van der Waals surface area contributed by atoms with E-state index in [1.54, 1.807) is 0 Å². The van der Waals surface area contributed by atoms with Crippen LogP contribution in [-0.2, 0) is 0 Å². The molecule has 90 valence electrons. The van der Waals surface area contributed by atoms with Gasteiger partial charge in [0.15, 0.2) is 0 Å². The fourth-order valence-electron chi connectivity index (χ4n) is 1.84. The highest BCUT2D eigenvalue weighted by molar-refractivity contribution is 7.99. The monoisotopic (exact) mass is 237 g/mol. The van der Waals surface area contributed by atoms with E-state index in [4.69, 9.17) is 5.73 Å². The Morgan fingerprint density at radius 3 is 2.50 bits per heavy atom. The Morgan fingerprint density at radius 2 is 1.94 bits per heavy atom. The summed E-state index contributed by atoms with van der Waals surface area (Å²) in [6.07, 6.45) is 2.49. The molecule has 0 amide bonds. The molecule has 16 heavy (non-hydrogen) atoms. The summed E-state index contributed by atoms with van der Waals surface area (Å²) in [5.74, 6) is 3.02. The summed E-state index contributed by atoms with van der Waals surface area (Å²) in [5.41, 5.74) is 8.57. The van der Waals surface area contributed by atoms with Crippen molar-refractivity contribution in [2.45, 2.75) is 32.6 Å². The van der Waals surface area contributed by atoms with Crippen LogP contribution in [0.5, 0.6) is 0 Å². The molecule has 0 saturated carbocycles. The predicted octanol–water partition coefficient (Wildman–Crippen LogP) is 3.57. The van der Waals surface area contributed by atoms with E-state index in [0.29, 0.717) is 5.92 Å². The third kappa shape index (κ3) is 4.58. The minimum Gasteiger partial charge on any atom is -0.330 e. The van der Waals surface area contributed by atoms with Crippen LogP contribution < -0.4 is 5.73 Å². The lowest BCUT2D eigenvalue weighted by atomic mass is 9.94. The number of rotatable bonds is 7. The summed E-state index contributed by atoms with van der Waals surface area (Å²) in [4.78, 5) is 0. The second-order valence-corrected chi connectivity index (χ2v) is 5.58. The molecule has 1 nitrogen and oxygen atoms in total. The standard InChI is InChI=1S/C14H23NS/c1-3-16-10-4-5-14(11-15)13-8-6-12(2)7-9-13/h6-9,14H,3-5,10-11,15H2,1-2H3. The lowest BCUT2D eigenvalue weighted by Gasteiger charge is -2.15. The van der Waals surface area contributed by atoms with E-state index < -0.39 is 0 Å². The lowest BCUT2D eigenvalue weighted by molar-refractivity contribution is 0.625. The lowest BCUT2D eigenvalue weighted by Crippen LogP contribution is -2.12. The molecular weight excluding hydrogens is 214 g/mol. The van der Waals surface area contributed by atoms with Crippen molar-refractivity contribution in [1.82, 2.24) is 0 Å². The largest absolute Gasteiger partial charge is 0.330 e. The first-order valence-electron chi connectivity index (χ1n) is 6.12. The second-order valence-electron chi connectivity index (χ2n) is 4.18. The Kier molecular flexibility index (Phi) is 6.58. The van der Waals surface area contributed by atoms with Crippen LogP contribution in [0.4, 0.5) is 0 Å². The van der Waals surface area contributed by atoms with Gasteiger partial charge in [-0.05, 0) is 49.3 Å². The van der Waals surface area contributed by atoms with Crippen molar-refractivity contribution in [2.24, 2.45) is 5.73 Å². The highest BCUT2D eigenvalue weighted by Gasteiger charge is 2.08. The summed E-state index contributed by atoms with van der Waals surface area (Å²) >= 11 is 2.02. The topological polar surface area (TPSA) is 26.0 Å². The molecule has 0 spiro atoms. The molecule has 1 aromatic rings. The number of hydrogen-bond acceptors (Lipinski definition) is 2. The van der Waals surface area contributed by atoms with Crippen molar-refractivity contribution in [3.8, 4) is 0 Å². The van der Waals surface area contributed by atoms with E-state index in [1.807, 2.05) is 11.8 Å². The van der Waals surface area contributed by atoms with Crippen LogP contribution in [0.2, 0.25) is 0 Å².